The molecule has 0 bridgehead atoms. The summed E-state index contributed by atoms with van der Waals surface area (Å²) in [5, 5.41) is 12.3. The smallest absolute Gasteiger partial charge is 0.213 e. The highest BCUT2D eigenvalue weighted by Gasteiger charge is 2.26. The first-order valence-electron chi connectivity index (χ1n) is 8.14. The number of fused-ring (bicyclic) bond motifs is 4. The Labute approximate surface area is 158 Å². The van der Waals surface area contributed by atoms with Gasteiger partial charge < -0.3 is 31.7 Å². The van der Waals surface area contributed by atoms with Gasteiger partial charge in [0.25, 0.3) is 0 Å². The summed E-state index contributed by atoms with van der Waals surface area (Å²) in [5.41, 5.74) is 3.27. The van der Waals surface area contributed by atoms with Crippen molar-refractivity contribution in [3.8, 4) is 34.3 Å². The molecule has 1 aromatic heterocycles. The lowest BCUT2D eigenvalue weighted by atomic mass is 9.95. The predicted molar refractivity (Wildman–Crippen MR) is 94.6 cm³/mol. The van der Waals surface area contributed by atoms with Crippen molar-refractivity contribution in [3.63, 3.8) is 0 Å². The third-order valence-corrected chi connectivity index (χ3v) is 4.79. The second-order valence-electron chi connectivity index (χ2n) is 6.12. The minimum atomic E-state index is 0. The number of aromatic nitrogens is 1. The Morgan fingerprint density at radius 3 is 2.15 bits per heavy atom. The lowest BCUT2D eigenvalue weighted by Crippen LogP contribution is -3.00. The molecule has 1 aliphatic rings. The second-order valence-corrected chi connectivity index (χ2v) is 6.12. The number of benzene rings is 2. The van der Waals surface area contributed by atoms with Gasteiger partial charge in [0.2, 0.25) is 5.69 Å². The molecule has 0 atom stereocenters. The van der Waals surface area contributed by atoms with Crippen LogP contribution in [0.5, 0.6) is 23.0 Å². The zero-order valence-electron chi connectivity index (χ0n) is 14.9. The summed E-state index contributed by atoms with van der Waals surface area (Å²) in [6.45, 7) is 0.876. The first-order chi connectivity index (χ1) is 12.1. The topological polar surface area (TPSA) is 51.8 Å². The molecule has 26 heavy (non-hydrogen) atoms. The van der Waals surface area contributed by atoms with Gasteiger partial charge in [-0.25, -0.2) is 0 Å². The molecule has 3 aromatic rings. The van der Waals surface area contributed by atoms with Crippen LogP contribution in [0.25, 0.3) is 22.0 Å². The number of pyridine rings is 1. The molecule has 2 heterocycles. The Kier molecular flexibility index (Phi) is 4.83. The number of halogens is 1. The van der Waals surface area contributed by atoms with E-state index in [1.807, 2.05) is 18.2 Å². The van der Waals surface area contributed by atoms with E-state index >= 15 is 0 Å². The fourth-order valence-electron chi connectivity index (χ4n) is 3.49. The number of aromatic hydroxyl groups is 1. The molecule has 0 saturated carbocycles. The molecule has 0 spiro atoms. The minimum absolute atomic E-state index is 0. The van der Waals surface area contributed by atoms with Crippen LogP contribution in [0.1, 0.15) is 5.56 Å². The predicted octanol–water partition coefficient (Wildman–Crippen LogP) is 0.0858. The van der Waals surface area contributed by atoms with Crippen molar-refractivity contribution in [2.45, 2.75) is 13.0 Å². The monoisotopic (exact) mass is 373 g/mol. The molecule has 0 aliphatic carbocycles. The molecule has 4 rings (SSSR count). The van der Waals surface area contributed by atoms with Crippen LogP contribution in [0.3, 0.4) is 0 Å². The van der Waals surface area contributed by atoms with Crippen LogP contribution in [0.4, 0.5) is 0 Å². The molecule has 6 heteroatoms. The molecule has 0 amide bonds. The van der Waals surface area contributed by atoms with Crippen LogP contribution in [-0.4, -0.2) is 26.4 Å². The Hall–Kier alpha value is -2.66. The zero-order chi connectivity index (χ0) is 17.6. The highest BCUT2D eigenvalue weighted by atomic mass is 35.5. The normalized spacial score (nSPS) is 12.0. The maximum absolute atomic E-state index is 10.2. The summed E-state index contributed by atoms with van der Waals surface area (Å²) in [5.74, 6) is 2.09. The number of aryl methyl sites for hydroxylation is 2. The van der Waals surface area contributed by atoms with Gasteiger partial charge in [-0.3, -0.25) is 0 Å². The molecule has 2 aromatic carbocycles. The lowest BCUT2D eigenvalue weighted by Gasteiger charge is -2.17. The van der Waals surface area contributed by atoms with E-state index in [0.717, 1.165) is 35.0 Å². The van der Waals surface area contributed by atoms with Crippen molar-refractivity contribution in [2.24, 2.45) is 0 Å². The average molecular weight is 374 g/mol. The summed E-state index contributed by atoms with van der Waals surface area (Å²) >= 11 is 0. The zero-order valence-corrected chi connectivity index (χ0v) is 15.6. The third kappa shape index (κ3) is 2.78. The van der Waals surface area contributed by atoms with E-state index in [1.165, 1.54) is 5.56 Å². The van der Waals surface area contributed by atoms with Gasteiger partial charge in [-0.1, -0.05) is 0 Å². The van der Waals surface area contributed by atoms with Crippen LogP contribution in [0.15, 0.2) is 36.5 Å². The van der Waals surface area contributed by atoms with E-state index in [2.05, 4.69) is 16.8 Å². The fraction of sp³-hybridized carbons (Fsp3) is 0.250. The van der Waals surface area contributed by atoms with Gasteiger partial charge in [-0.05, 0) is 35.2 Å². The minimum Gasteiger partial charge on any atom is -1.00 e. The summed E-state index contributed by atoms with van der Waals surface area (Å²) in [6.07, 6.45) is 3.01. The maximum atomic E-state index is 10.2. The molecule has 0 fully saturated rings. The van der Waals surface area contributed by atoms with Crippen molar-refractivity contribution in [2.75, 3.05) is 21.3 Å². The van der Waals surface area contributed by atoms with Crippen LogP contribution in [0.2, 0.25) is 0 Å². The number of methoxy groups -OCH3 is 3. The average Bonchev–Trinajstić information content (AvgIpc) is 2.64. The van der Waals surface area contributed by atoms with E-state index in [1.54, 1.807) is 27.4 Å². The Balaban J connectivity index is 0.00000196. The van der Waals surface area contributed by atoms with Crippen molar-refractivity contribution < 1.29 is 36.3 Å². The number of phenols is 1. The van der Waals surface area contributed by atoms with Gasteiger partial charge >= 0.3 is 0 Å². The summed E-state index contributed by atoms with van der Waals surface area (Å²) in [6, 6.07) is 9.80. The van der Waals surface area contributed by atoms with Crippen LogP contribution in [0, 0.1) is 0 Å². The fourth-order valence-corrected chi connectivity index (χ4v) is 3.49. The highest BCUT2D eigenvalue weighted by Crippen LogP contribution is 2.38. The van der Waals surface area contributed by atoms with Gasteiger partial charge in [0.15, 0.2) is 35.7 Å². The first kappa shape index (κ1) is 18.1. The molecule has 136 valence electrons. The van der Waals surface area contributed by atoms with Gasteiger partial charge in [-0.15, -0.1) is 0 Å². The molecule has 0 unspecified atom stereocenters. The molecular formula is C20H20ClNO4. The lowest BCUT2D eigenvalue weighted by molar-refractivity contribution is -0.686. The highest BCUT2D eigenvalue weighted by molar-refractivity contribution is 5.87. The summed E-state index contributed by atoms with van der Waals surface area (Å²) < 4.78 is 18.3. The van der Waals surface area contributed by atoms with Crippen LogP contribution < -0.4 is 31.2 Å². The number of phenolic OH excluding ortho intramolecular Hbond substituents is 1. The van der Waals surface area contributed by atoms with E-state index in [-0.39, 0.29) is 18.2 Å². The molecule has 0 radical (unpaired) electrons. The molecule has 0 saturated heterocycles. The third-order valence-electron chi connectivity index (χ3n) is 4.79. The van der Waals surface area contributed by atoms with Crippen molar-refractivity contribution in [1.82, 2.24) is 0 Å². The molecule has 5 nitrogen and oxygen atoms in total. The molecular weight excluding hydrogens is 354 g/mol. The van der Waals surface area contributed by atoms with Crippen LogP contribution in [-0.2, 0) is 13.0 Å². The Morgan fingerprint density at radius 2 is 1.50 bits per heavy atom. The Bertz CT molecular complexity index is 987. The van der Waals surface area contributed by atoms with Crippen molar-refractivity contribution >= 4 is 10.8 Å². The standard InChI is InChI=1S/C20H19NO4.ClH/c1-23-18-7-12-4-5-21-11-14-9-20(25-3)19(24-2)8-13(14)6-16(21)15(12)10-17(18)22;/h6-11H,4-5H2,1-3H3;1H. The number of nitrogens with zero attached hydrogens (tertiary/aromatic N) is 1. The number of hydrogen-bond acceptors (Lipinski definition) is 4. The van der Waals surface area contributed by atoms with Crippen LogP contribution >= 0.6 is 0 Å². The van der Waals surface area contributed by atoms with E-state index in [9.17, 15) is 5.11 Å². The number of hydrogen-bond donors (Lipinski definition) is 1. The maximum Gasteiger partial charge on any atom is 0.213 e. The molecule has 1 aliphatic heterocycles. The number of ether oxygens (including phenoxy) is 3. The van der Waals surface area contributed by atoms with Gasteiger partial charge in [0.1, 0.15) is 0 Å². The quantitative estimate of drug-likeness (QED) is 0.661. The van der Waals surface area contributed by atoms with E-state index in [4.69, 9.17) is 14.2 Å². The van der Waals surface area contributed by atoms with Gasteiger partial charge in [0.05, 0.1) is 26.9 Å². The molecule has 1 N–H and O–H groups in total. The largest absolute Gasteiger partial charge is 1.00 e. The second kappa shape index (κ2) is 6.92. The van der Waals surface area contributed by atoms with E-state index in [0.29, 0.717) is 17.2 Å². The van der Waals surface area contributed by atoms with Crippen molar-refractivity contribution in [3.05, 3.63) is 42.1 Å². The SMILES string of the molecule is COc1cc2c(cc1O)-c1cc3cc(OC)c(OC)cc3c[n+]1CC2.[Cl-]. The van der Waals surface area contributed by atoms with Crippen molar-refractivity contribution in [1.29, 1.82) is 0 Å². The van der Waals surface area contributed by atoms with Gasteiger partial charge in [0, 0.05) is 17.9 Å². The summed E-state index contributed by atoms with van der Waals surface area (Å²) in [4.78, 5) is 0. The van der Waals surface area contributed by atoms with E-state index < -0.39 is 0 Å². The first-order valence-corrected chi connectivity index (χ1v) is 8.14. The summed E-state index contributed by atoms with van der Waals surface area (Å²) in [7, 11) is 4.85. The number of rotatable bonds is 3. The van der Waals surface area contributed by atoms with Gasteiger partial charge in [-0.2, -0.15) is 4.57 Å². The Morgan fingerprint density at radius 1 is 0.846 bits per heavy atom.